The summed E-state index contributed by atoms with van der Waals surface area (Å²) in [5.41, 5.74) is 3.28. The number of fused-ring (bicyclic) bond motifs is 1. The molecule has 2 aliphatic rings. The van der Waals surface area contributed by atoms with E-state index < -0.39 is 0 Å². The normalized spacial score (nSPS) is 21.8. The van der Waals surface area contributed by atoms with Crippen molar-refractivity contribution in [3.05, 3.63) is 70.1 Å². The number of nitrogens with zero attached hydrogens (tertiary/aromatic N) is 1. The Morgan fingerprint density at radius 1 is 1.27 bits per heavy atom. The molecular formula is C21H19NO2S2. The summed E-state index contributed by atoms with van der Waals surface area (Å²) in [7, 11) is 0. The predicted octanol–water partition coefficient (Wildman–Crippen LogP) is 4.97. The Kier molecular flexibility index (Phi) is 4.59. The van der Waals surface area contributed by atoms with E-state index in [1.807, 2.05) is 55.5 Å². The van der Waals surface area contributed by atoms with E-state index in [0.29, 0.717) is 9.23 Å². The Morgan fingerprint density at radius 3 is 2.81 bits per heavy atom. The summed E-state index contributed by atoms with van der Waals surface area (Å²) in [5.74, 6) is 0.918. The van der Waals surface area contributed by atoms with E-state index in [1.165, 1.54) is 17.3 Å². The monoisotopic (exact) mass is 381 g/mol. The quantitative estimate of drug-likeness (QED) is 0.554. The molecule has 0 bridgehead atoms. The van der Waals surface area contributed by atoms with E-state index in [2.05, 4.69) is 13.0 Å². The minimum atomic E-state index is -0.0797. The maximum atomic E-state index is 12.9. The summed E-state index contributed by atoms with van der Waals surface area (Å²) >= 11 is 6.86. The summed E-state index contributed by atoms with van der Waals surface area (Å²) in [4.78, 5) is 15.3. The van der Waals surface area contributed by atoms with Gasteiger partial charge in [0, 0.05) is 6.42 Å². The molecule has 2 aliphatic heterocycles. The topological polar surface area (TPSA) is 29.5 Å². The Hall–Kier alpha value is -2.11. The molecule has 0 aromatic heterocycles. The van der Waals surface area contributed by atoms with Crippen LogP contribution in [0.3, 0.4) is 0 Å². The average Bonchev–Trinajstić information content (AvgIpc) is 3.13. The summed E-state index contributed by atoms with van der Waals surface area (Å²) in [5, 5.41) is 0. The third-order valence-corrected chi connectivity index (χ3v) is 6.04. The van der Waals surface area contributed by atoms with Gasteiger partial charge in [-0.2, -0.15) is 0 Å². The lowest BCUT2D eigenvalue weighted by Gasteiger charge is -2.23. The highest BCUT2D eigenvalue weighted by Gasteiger charge is 2.36. The van der Waals surface area contributed by atoms with Crippen molar-refractivity contribution in [3.63, 3.8) is 0 Å². The SMILES string of the molecule is C[C@H]1Cc2cc(/C=C3\SC(=S)N([C@@H](C)c4ccccc4)C3=O)ccc2O1. The lowest BCUT2D eigenvalue weighted by molar-refractivity contribution is -0.123. The largest absolute Gasteiger partial charge is 0.490 e. The van der Waals surface area contributed by atoms with E-state index in [-0.39, 0.29) is 18.1 Å². The molecule has 2 atom stereocenters. The van der Waals surface area contributed by atoms with Crippen LogP contribution in [0.25, 0.3) is 6.08 Å². The molecular weight excluding hydrogens is 362 g/mol. The van der Waals surface area contributed by atoms with Crippen LogP contribution in [0.5, 0.6) is 5.75 Å². The molecule has 132 valence electrons. The molecule has 0 aliphatic carbocycles. The summed E-state index contributed by atoms with van der Waals surface area (Å²) in [6.07, 6.45) is 3.05. The highest BCUT2D eigenvalue weighted by atomic mass is 32.2. The van der Waals surface area contributed by atoms with Gasteiger partial charge in [0.15, 0.2) is 0 Å². The number of carbonyl (C=O) groups is 1. The fraction of sp³-hybridized carbons (Fsp3) is 0.238. The number of hydrogen-bond donors (Lipinski definition) is 0. The first kappa shape index (κ1) is 17.3. The van der Waals surface area contributed by atoms with Crippen molar-refractivity contribution in [2.75, 3.05) is 0 Å². The maximum Gasteiger partial charge on any atom is 0.266 e. The predicted molar refractivity (Wildman–Crippen MR) is 110 cm³/mol. The Morgan fingerprint density at radius 2 is 2.04 bits per heavy atom. The van der Waals surface area contributed by atoms with Crippen molar-refractivity contribution in [2.24, 2.45) is 0 Å². The smallest absolute Gasteiger partial charge is 0.266 e. The molecule has 0 spiro atoms. The van der Waals surface area contributed by atoms with Gasteiger partial charge in [0.1, 0.15) is 16.2 Å². The highest BCUT2D eigenvalue weighted by Crippen LogP contribution is 2.38. The first-order chi connectivity index (χ1) is 12.5. The fourth-order valence-electron chi connectivity index (χ4n) is 3.38. The minimum Gasteiger partial charge on any atom is -0.490 e. The van der Waals surface area contributed by atoms with Gasteiger partial charge in [0.2, 0.25) is 0 Å². The molecule has 0 radical (unpaired) electrons. The molecule has 2 aromatic carbocycles. The van der Waals surface area contributed by atoms with E-state index in [0.717, 1.165) is 23.3 Å². The highest BCUT2D eigenvalue weighted by molar-refractivity contribution is 8.26. The molecule has 2 aromatic rings. The summed E-state index contributed by atoms with van der Waals surface area (Å²) in [6, 6.07) is 16.0. The summed E-state index contributed by atoms with van der Waals surface area (Å²) in [6.45, 7) is 4.08. The number of ether oxygens (including phenoxy) is 1. The molecule has 4 rings (SSSR count). The standard InChI is InChI=1S/C21H19NO2S2/c1-13-10-17-11-15(8-9-18(17)24-13)12-19-20(23)22(21(25)26-19)14(2)16-6-4-3-5-7-16/h3-9,11-14H,10H2,1-2H3/b19-12-/t13-,14-/m0/s1. The number of benzene rings is 2. The van der Waals surface area contributed by atoms with Crippen LogP contribution in [0.1, 0.15) is 36.6 Å². The van der Waals surface area contributed by atoms with Gasteiger partial charge in [-0.25, -0.2) is 0 Å². The second kappa shape index (κ2) is 6.89. The van der Waals surface area contributed by atoms with Gasteiger partial charge in [-0.1, -0.05) is 60.4 Å². The minimum absolute atomic E-state index is 0.0264. The molecule has 0 unspecified atom stereocenters. The van der Waals surface area contributed by atoms with Gasteiger partial charge < -0.3 is 4.74 Å². The van der Waals surface area contributed by atoms with Crippen LogP contribution in [-0.2, 0) is 11.2 Å². The lowest BCUT2D eigenvalue weighted by atomic mass is 10.1. The van der Waals surface area contributed by atoms with E-state index >= 15 is 0 Å². The zero-order valence-corrected chi connectivity index (χ0v) is 16.3. The number of amides is 1. The van der Waals surface area contributed by atoms with Crippen LogP contribution in [0.15, 0.2) is 53.4 Å². The van der Waals surface area contributed by atoms with E-state index in [9.17, 15) is 4.79 Å². The molecule has 1 saturated heterocycles. The van der Waals surface area contributed by atoms with E-state index in [1.54, 1.807) is 4.90 Å². The lowest BCUT2D eigenvalue weighted by Crippen LogP contribution is -2.30. The van der Waals surface area contributed by atoms with Crippen LogP contribution >= 0.6 is 24.0 Å². The molecule has 0 N–H and O–H groups in total. The zero-order valence-electron chi connectivity index (χ0n) is 14.6. The van der Waals surface area contributed by atoms with Crippen LogP contribution in [0, 0.1) is 0 Å². The molecule has 1 fully saturated rings. The number of thiocarbonyl (C=S) groups is 1. The fourth-order valence-corrected chi connectivity index (χ4v) is 4.80. The van der Waals surface area contributed by atoms with Gasteiger partial charge in [-0.15, -0.1) is 0 Å². The van der Waals surface area contributed by atoms with Crippen molar-refractivity contribution >= 4 is 40.3 Å². The summed E-state index contributed by atoms with van der Waals surface area (Å²) < 4.78 is 6.35. The van der Waals surface area contributed by atoms with Crippen molar-refractivity contribution in [2.45, 2.75) is 32.4 Å². The number of carbonyl (C=O) groups excluding carboxylic acids is 1. The molecule has 1 amide bonds. The first-order valence-corrected chi connectivity index (χ1v) is 9.87. The molecule has 3 nitrogen and oxygen atoms in total. The average molecular weight is 382 g/mol. The Labute approximate surface area is 163 Å². The molecule has 5 heteroatoms. The Bertz CT molecular complexity index is 907. The molecule has 2 heterocycles. The van der Waals surface area contributed by atoms with Crippen molar-refractivity contribution in [1.82, 2.24) is 4.90 Å². The van der Waals surface area contributed by atoms with Crippen LogP contribution in [0.4, 0.5) is 0 Å². The zero-order chi connectivity index (χ0) is 18.3. The van der Waals surface area contributed by atoms with Crippen LogP contribution in [-0.4, -0.2) is 21.2 Å². The van der Waals surface area contributed by atoms with Crippen molar-refractivity contribution in [3.8, 4) is 5.75 Å². The third-order valence-electron chi connectivity index (χ3n) is 4.71. The Balaban J connectivity index is 1.59. The maximum absolute atomic E-state index is 12.9. The van der Waals surface area contributed by atoms with Gasteiger partial charge in [-0.05, 0) is 48.7 Å². The second-order valence-corrected chi connectivity index (χ2v) is 8.31. The van der Waals surface area contributed by atoms with Crippen molar-refractivity contribution in [1.29, 1.82) is 0 Å². The first-order valence-electron chi connectivity index (χ1n) is 8.64. The van der Waals surface area contributed by atoms with Crippen LogP contribution in [0.2, 0.25) is 0 Å². The van der Waals surface area contributed by atoms with Crippen molar-refractivity contribution < 1.29 is 9.53 Å². The molecule has 0 saturated carbocycles. The van der Waals surface area contributed by atoms with Gasteiger partial charge >= 0.3 is 0 Å². The number of hydrogen-bond acceptors (Lipinski definition) is 4. The number of rotatable bonds is 3. The van der Waals surface area contributed by atoms with Gasteiger partial charge in [-0.3, -0.25) is 9.69 Å². The van der Waals surface area contributed by atoms with E-state index in [4.69, 9.17) is 17.0 Å². The van der Waals surface area contributed by atoms with Gasteiger partial charge in [0.05, 0.1) is 10.9 Å². The number of thioether (sulfide) groups is 1. The third kappa shape index (κ3) is 3.17. The van der Waals surface area contributed by atoms with Gasteiger partial charge in [0.25, 0.3) is 5.91 Å². The second-order valence-electron chi connectivity index (χ2n) is 6.64. The molecule has 26 heavy (non-hydrogen) atoms. The van der Waals surface area contributed by atoms with Crippen LogP contribution < -0.4 is 4.74 Å².